The minimum absolute atomic E-state index is 0.351. The van der Waals surface area contributed by atoms with E-state index in [-0.39, 0.29) is 0 Å². The summed E-state index contributed by atoms with van der Waals surface area (Å²) in [5.74, 6) is 0.732. The molecule has 1 unspecified atom stereocenters. The van der Waals surface area contributed by atoms with E-state index >= 15 is 0 Å². The number of nitrogens with zero attached hydrogens (tertiary/aromatic N) is 1. The van der Waals surface area contributed by atoms with Crippen molar-refractivity contribution >= 4 is 0 Å². The molecule has 1 atom stereocenters. The van der Waals surface area contributed by atoms with Gasteiger partial charge < -0.3 is 10.0 Å². The molecule has 0 saturated heterocycles. The van der Waals surface area contributed by atoms with Crippen LogP contribution in [0.2, 0.25) is 0 Å². The van der Waals surface area contributed by atoms with Crippen LogP contribution in [0.25, 0.3) is 0 Å². The van der Waals surface area contributed by atoms with Crippen LogP contribution in [-0.4, -0.2) is 36.2 Å². The lowest BCUT2D eigenvalue weighted by Crippen LogP contribution is -2.24. The summed E-state index contributed by atoms with van der Waals surface area (Å²) in [5.41, 5.74) is 0. The Bertz CT molecular complexity index is 113. The van der Waals surface area contributed by atoms with Gasteiger partial charge in [-0.1, -0.05) is 27.2 Å². The van der Waals surface area contributed by atoms with Crippen molar-refractivity contribution in [1.82, 2.24) is 4.90 Å². The Hall–Kier alpha value is -0.0800. The predicted octanol–water partition coefficient (Wildman–Crippen LogP) is 2.52. The molecule has 0 aromatic heterocycles. The summed E-state index contributed by atoms with van der Waals surface area (Å²) in [6, 6.07) is 0. The third kappa shape index (κ3) is 6.39. The van der Waals surface area contributed by atoms with E-state index in [1.165, 1.54) is 25.8 Å². The highest BCUT2D eigenvalue weighted by atomic mass is 16.3. The van der Waals surface area contributed by atoms with Gasteiger partial charge in [0, 0.05) is 6.61 Å². The number of aliphatic hydroxyl groups is 1. The monoisotopic (exact) mass is 201 g/mol. The van der Waals surface area contributed by atoms with Crippen molar-refractivity contribution in [3.8, 4) is 0 Å². The van der Waals surface area contributed by atoms with Crippen LogP contribution in [0, 0.1) is 5.92 Å². The normalized spacial score (nSPS) is 13.5. The summed E-state index contributed by atoms with van der Waals surface area (Å²) in [5, 5.41) is 8.86. The summed E-state index contributed by atoms with van der Waals surface area (Å²) in [6.45, 7) is 10.5. The molecule has 0 radical (unpaired) electrons. The quantitative estimate of drug-likeness (QED) is 0.619. The van der Waals surface area contributed by atoms with E-state index in [0.717, 1.165) is 25.4 Å². The molecule has 1 N–H and O–H groups in total. The zero-order valence-electron chi connectivity index (χ0n) is 10.1. The first-order valence-corrected chi connectivity index (χ1v) is 6.11. The number of hydrogen-bond acceptors (Lipinski definition) is 2. The molecule has 0 aliphatic heterocycles. The van der Waals surface area contributed by atoms with Crippen LogP contribution in [0.1, 0.15) is 46.5 Å². The number of hydrogen-bond donors (Lipinski definition) is 1. The van der Waals surface area contributed by atoms with E-state index in [0.29, 0.717) is 6.61 Å². The molecule has 0 aromatic rings. The van der Waals surface area contributed by atoms with Gasteiger partial charge in [0.2, 0.25) is 0 Å². The average molecular weight is 201 g/mol. The third-order valence-electron chi connectivity index (χ3n) is 3.10. The molecule has 2 nitrogen and oxygen atoms in total. The van der Waals surface area contributed by atoms with E-state index in [2.05, 4.69) is 25.7 Å². The Labute approximate surface area is 89.3 Å². The second kappa shape index (κ2) is 9.47. The molecule has 0 aliphatic carbocycles. The van der Waals surface area contributed by atoms with Gasteiger partial charge in [0.1, 0.15) is 0 Å². The van der Waals surface area contributed by atoms with E-state index in [9.17, 15) is 0 Å². The zero-order valence-corrected chi connectivity index (χ0v) is 10.1. The molecule has 0 amide bonds. The fraction of sp³-hybridized carbons (Fsp3) is 1.00. The molecule has 86 valence electrons. The molecule has 2 heteroatoms. The second-order valence-electron chi connectivity index (χ2n) is 3.96. The van der Waals surface area contributed by atoms with Gasteiger partial charge in [-0.2, -0.15) is 0 Å². The first-order chi connectivity index (χ1) is 6.78. The summed E-state index contributed by atoms with van der Waals surface area (Å²) in [6.07, 6.45) is 4.74. The predicted molar refractivity (Wildman–Crippen MR) is 62.5 cm³/mol. The lowest BCUT2D eigenvalue weighted by molar-refractivity contribution is 0.237. The van der Waals surface area contributed by atoms with Gasteiger partial charge in [0.25, 0.3) is 0 Å². The SMILES string of the molecule is CCC(CCO)CCCN(CC)CC. The van der Waals surface area contributed by atoms with Crippen LogP contribution >= 0.6 is 0 Å². The smallest absolute Gasteiger partial charge is 0.0433 e. The van der Waals surface area contributed by atoms with Crippen molar-refractivity contribution < 1.29 is 5.11 Å². The Morgan fingerprint density at radius 1 is 1.07 bits per heavy atom. The molecule has 14 heavy (non-hydrogen) atoms. The highest BCUT2D eigenvalue weighted by molar-refractivity contribution is 4.59. The Morgan fingerprint density at radius 3 is 2.14 bits per heavy atom. The Morgan fingerprint density at radius 2 is 1.71 bits per heavy atom. The first kappa shape index (κ1) is 13.9. The minimum Gasteiger partial charge on any atom is -0.396 e. The van der Waals surface area contributed by atoms with Crippen molar-refractivity contribution in [3.05, 3.63) is 0 Å². The van der Waals surface area contributed by atoms with Crippen molar-refractivity contribution in [1.29, 1.82) is 0 Å². The maximum absolute atomic E-state index is 8.86. The van der Waals surface area contributed by atoms with E-state index in [1.807, 2.05) is 0 Å². The fourth-order valence-electron chi connectivity index (χ4n) is 1.88. The van der Waals surface area contributed by atoms with Crippen LogP contribution in [0.15, 0.2) is 0 Å². The maximum Gasteiger partial charge on any atom is 0.0433 e. The average Bonchev–Trinajstić information content (AvgIpc) is 2.23. The van der Waals surface area contributed by atoms with E-state index < -0.39 is 0 Å². The topological polar surface area (TPSA) is 23.5 Å². The van der Waals surface area contributed by atoms with Crippen molar-refractivity contribution in [3.63, 3.8) is 0 Å². The van der Waals surface area contributed by atoms with Crippen molar-refractivity contribution in [2.75, 3.05) is 26.2 Å². The molecular weight excluding hydrogens is 174 g/mol. The molecule has 0 bridgehead atoms. The zero-order chi connectivity index (χ0) is 10.8. The largest absolute Gasteiger partial charge is 0.396 e. The first-order valence-electron chi connectivity index (χ1n) is 6.11. The van der Waals surface area contributed by atoms with Crippen LogP contribution in [0.3, 0.4) is 0 Å². The van der Waals surface area contributed by atoms with Gasteiger partial charge in [0.15, 0.2) is 0 Å². The Kier molecular flexibility index (Phi) is 9.42. The standard InChI is InChI=1S/C12H27NO/c1-4-12(9-11-14)8-7-10-13(5-2)6-3/h12,14H,4-11H2,1-3H3. The van der Waals surface area contributed by atoms with Gasteiger partial charge in [-0.05, 0) is 44.8 Å². The van der Waals surface area contributed by atoms with Gasteiger partial charge >= 0.3 is 0 Å². The number of aliphatic hydroxyl groups excluding tert-OH is 1. The van der Waals surface area contributed by atoms with Gasteiger partial charge in [-0.15, -0.1) is 0 Å². The van der Waals surface area contributed by atoms with Gasteiger partial charge in [-0.3, -0.25) is 0 Å². The van der Waals surface area contributed by atoms with Crippen LogP contribution in [0.4, 0.5) is 0 Å². The van der Waals surface area contributed by atoms with E-state index in [4.69, 9.17) is 5.11 Å². The minimum atomic E-state index is 0.351. The maximum atomic E-state index is 8.86. The number of rotatable bonds is 9. The fourth-order valence-corrected chi connectivity index (χ4v) is 1.88. The lowest BCUT2D eigenvalue weighted by Gasteiger charge is -2.19. The molecule has 0 rings (SSSR count). The molecule has 0 aromatic carbocycles. The molecule has 0 saturated carbocycles. The third-order valence-corrected chi connectivity index (χ3v) is 3.10. The van der Waals surface area contributed by atoms with Gasteiger partial charge in [0.05, 0.1) is 0 Å². The molecule has 0 heterocycles. The highest BCUT2D eigenvalue weighted by Gasteiger charge is 2.06. The van der Waals surface area contributed by atoms with Gasteiger partial charge in [-0.25, -0.2) is 0 Å². The highest BCUT2D eigenvalue weighted by Crippen LogP contribution is 2.14. The van der Waals surface area contributed by atoms with Crippen LogP contribution < -0.4 is 0 Å². The van der Waals surface area contributed by atoms with Crippen LogP contribution in [0.5, 0.6) is 0 Å². The molecule has 0 aliphatic rings. The summed E-state index contributed by atoms with van der Waals surface area (Å²) in [4.78, 5) is 2.46. The van der Waals surface area contributed by atoms with Crippen LogP contribution in [-0.2, 0) is 0 Å². The van der Waals surface area contributed by atoms with Crippen molar-refractivity contribution in [2.45, 2.75) is 46.5 Å². The molecule has 0 spiro atoms. The Balaban J connectivity index is 3.48. The summed E-state index contributed by atoms with van der Waals surface area (Å²) < 4.78 is 0. The van der Waals surface area contributed by atoms with E-state index in [1.54, 1.807) is 0 Å². The molecule has 0 fully saturated rings. The summed E-state index contributed by atoms with van der Waals surface area (Å²) in [7, 11) is 0. The van der Waals surface area contributed by atoms with Crippen molar-refractivity contribution in [2.24, 2.45) is 5.92 Å². The second-order valence-corrected chi connectivity index (χ2v) is 3.96. The lowest BCUT2D eigenvalue weighted by atomic mass is 9.97. The molecular formula is C12H27NO. The summed E-state index contributed by atoms with van der Waals surface area (Å²) >= 11 is 0.